The Balaban J connectivity index is 3.36. The van der Waals surface area contributed by atoms with Crippen molar-refractivity contribution >= 4 is 5.82 Å². The van der Waals surface area contributed by atoms with Crippen LogP contribution in [0.15, 0.2) is 6.07 Å². The summed E-state index contributed by atoms with van der Waals surface area (Å²) in [5.74, 6) is 0.262. The number of hydrogen-bond acceptors (Lipinski definition) is 2. The van der Waals surface area contributed by atoms with E-state index >= 15 is 0 Å². The van der Waals surface area contributed by atoms with Gasteiger partial charge in [-0.1, -0.05) is 20.8 Å². The Morgan fingerprint density at radius 1 is 1.24 bits per heavy atom. The molecule has 5 heteroatoms. The highest BCUT2D eigenvalue weighted by atomic mass is 19.4. The molecule has 0 saturated heterocycles. The number of aryl methyl sites for hydroxylation is 1. The SMILES string of the molecule is Cc1cc(N)nc(C(C)(C)C)c1CC(F)(F)F. The summed E-state index contributed by atoms with van der Waals surface area (Å²) in [6.07, 6.45) is -5.19. The lowest BCUT2D eigenvalue weighted by Crippen LogP contribution is -2.22. The summed E-state index contributed by atoms with van der Waals surface area (Å²) < 4.78 is 37.6. The van der Waals surface area contributed by atoms with Gasteiger partial charge >= 0.3 is 6.18 Å². The van der Waals surface area contributed by atoms with E-state index < -0.39 is 18.0 Å². The van der Waals surface area contributed by atoms with Crippen LogP contribution in [0.1, 0.15) is 37.6 Å². The van der Waals surface area contributed by atoms with Crippen LogP contribution in [0.4, 0.5) is 19.0 Å². The Hall–Kier alpha value is -1.26. The van der Waals surface area contributed by atoms with E-state index in [0.29, 0.717) is 11.3 Å². The van der Waals surface area contributed by atoms with E-state index in [1.54, 1.807) is 6.92 Å². The minimum absolute atomic E-state index is 0.235. The van der Waals surface area contributed by atoms with Gasteiger partial charge in [-0.3, -0.25) is 0 Å². The van der Waals surface area contributed by atoms with Crippen LogP contribution < -0.4 is 5.73 Å². The van der Waals surface area contributed by atoms with E-state index in [4.69, 9.17) is 5.73 Å². The van der Waals surface area contributed by atoms with Crippen molar-refractivity contribution in [3.63, 3.8) is 0 Å². The summed E-state index contributed by atoms with van der Waals surface area (Å²) in [7, 11) is 0. The quantitative estimate of drug-likeness (QED) is 0.825. The molecule has 2 N–H and O–H groups in total. The number of nitrogens with two attached hydrogens (primary N) is 1. The third-order valence-electron chi connectivity index (χ3n) is 2.45. The number of anilines is 1. The maximum absolute atomic E-state index is 12.5. The predicted molar refractivity (Wildman–Crippen MR) is 61.8 cm³/mol. The molecule has 0 aromatic carbocycles. The fourth-order valence-electron chi connectivity index (χ4n) is 1.77. The van der Waals surface area contributed by atoms with Crippen LogP contribution in [0.2, 0.25) is 0 Å². The zero-order valence-corrected chi connectivity index (χ0v) is 10.4. The first-order valence-electron chi connectivity index (χ1n) is 5.34. The van der Waals surface area contributed by atoms with Gasteiger partial charge in [0.15, 0.2) is 0 Å². The highest BCUT2D eigenvalue weighted by molar-refractivity contribution is 5.43. The number of halogens is 3. The normalized spacial score (nSPS) is 12.9. The van der Waals surface area contributed by atoms with Crippen molar-refractivity contribution in [2.24, 2.45) is 0 Å². The largest absolute Gasteiger partial charge is 0.393 e. The van der Waals surface area contributed by atoms with Gasteiger partial charge in [0.05, 0.1) is 12.1 Å². The van der Waals surface area contributed by atoms with Gasteiger partial charge in [0, 0.05) is 5.41 Å². The molecule has 0 fully saturated rings. The maximum atomic E-state index is 12.5. The van der Waals surface area contributed by atoms with Crippen molar-refractivity contribution in [3.8, 4) is 0 Å². The van der Waals surface area contributed by atoms with Crippen LogP contribution in [0.3, 0.4) is 0 Å². The molecule has 1 rings (SSSR count). The number of aromatic nitrogens is 1. The lowest BCUT2D eigenvalue weighted by Gasteiger charge is -2.24. The summed E-state index contributed by atoms with van der Waals surface area (Å²) in [6, 6.07) is 1.48. The van der Waals surface area contributed by atoms with Gasteiger partial charge in [-0.05, 0) is 24.1 Å². The van der Waals surface area contributed by atoms with Crippen molar-refractivity contribution in [1.29, 1.82) is 0 Å². The van der Waals surface area contributed by atoms with E-state index in [9.17, 15) is 13.2 Å². The standard InChI is InChI=1S/C12H17F3N2/c1-7-5-9(16)17-10(11(2,3)4)8(7)6-12(13,14)15/h5H,6H2,1-4H3,(H2,16,17). The van der Waals surface area contributed by atoms with Crippen LogP contribution >= 0.6 is 0 Å². The Bertz CT molecular complexity index is 417. The number of rotatable bonds is 1. The highest BCUT2D eigenvalue weighted by Gasteiger charge is 2.32. The van der Waals surface area contributed by atoms with Gasteiger partial charge in [-0.15, -0.1) is 0 Å². The van der Waals surface area contributed by atoms with Gasteiger partial charge in [0.1, 0.15) is 5.82 Å². The second-order valence-corrected chi connectivity index (χ2v) is 5.23. The molecule has 0 aliphatic rings. The number of pyridine rings is 1. The maximum Gasteiger partial charge on any atom is 0.393 e. The lowest BCUT2D eigenvalue weighted by atomic mass is 9.85. The van der Waals surface area contributed by atoms with Crippen LogP contribution in [-0.2, 0) is 11.8 Å². The monoisotopic (exact) mass is 246 g/mol. The van der Waals surface area contributed by atoms with Gasteiger partial charge in [0.2, 0.25) is 0 Å². The predicted octanol–water partition coefficient (Wildman–Crippen LogP) is 3.37. The van der Waals surface area contributed by atoms with Crippen LogP contribution in [-0.4, -0.2) is 11.2 Å². The average molecular weight is 246 g/mol. The zero-order valence-electron chi connectivity index (χ0n) is 10.4. The summed E-state index contributed by atoms with van der Waals surface area (Å²) in [4.78, 5) is 4.07. The minimum Gasteiger partial charge on any atom is -0.384 e. The van der Waals surface area contributed by atoms with Gasteiger partial charge in [-0.25, -0.2) is 4.98 Å². The number of hydrogen-bond donors (Lipinski definition) is 1. The highest BCUT2D eigenvalue weighted by Crippen LogP contribution is 2.32. The van der Waals surface area contributed by atoms with Crippen molar-refractivity contribution in [1.82, 2.24) is 4.98 Å². The fourth-order valence-corrected chi connectivity index (χ4v) is 1.77. The first-order valence-corrected chi connectivity index (χ1v) is 5.34. The molecule has 96 valence electrons. The van der Waals surface area contributed by atoms with E-state index in [-0.39, 0.29) is 11.4 Å². The summed E-state index contributed by atoms with van der Waals surface area (Å²) in [5, 5.41) is 0. The Kier molecular flexibility index (Phi) is 3.41. The molecule has 1 aromatic rings. The molecule has 2 nitrogen and oxygen atoms in total. The van der Waals surface area contributed by atoms with Crippen LogP contribution in [0.25, 0.3) is 0 Å². The molecular weight excluding hydrogens is 229 g/mol. The van der Waals surface area contributed by atoms with Crippen LogP contribution in [0.5, 0.6) is 0 Å². The zero-order chi connectivity index (χ0) is 13.4. The molecule has 0 amide bonds. The van der Waals surface area contributed by atoms with Crippen molar-refractivity contribution in [2.45, 2.75) is 45.7 Å². The van der Waals surface area contributed by atoms with Crippen molar-refractivity contribution < 1.29 is 13.2 Å². The first-order chi connectivity index (χ1) is 7.50. The number of alkyl halides is 3. The Morgan fingerprint density at radius 2 is 1.76 bits per heavy atom. The topological polar surface area (TPSA) is 38.9 Å². The molecule has 1 aromatic heterocycles. The number of nitrogens with zero attached hydrogens (tertiary/aromatic N) is 1. The second kappa shape index (κ2) is 4.20. The van der Waals surface area contributed by atoms with Gasteiger partial charge < -0.3 is 5.73 Å². The molecule has 1 heterocycles. The molecule has 0 atom stereocenters. The average Bonchev–Trinajstić information content (AvgIpc) is 2.05. The van der Waals surface area contributed by atoms with Crippen molar-refractivity contribution in [2.75, 3.05) is 5.73 Å². The Labute approximate surface area is 99.0 Å². The first kappa shape index (κ1) is 13.8. The molecule has 0 aliphatic carbocycles. The Morgan fingerprint density at radius 3 is 2.18 bits per heavy atom. The van der Waals surface area contributed by atoms with E-state index in [0.717, 1.165) is 0 Å². The fraction of sp³-hybridized carbons (Fsp3) is 0.583. The molecular formula is C12H17F3N2. The van der Waals surface area contributed by atoms with E-state index in [1.807, 2.05) is 20.8 Å². The minimum atomic E-state index is -4.23. The molecule has 0 bridgehead atoms. The molecule has 0 spiro atoms. The molecule has 0 saturated carbocycles. The lowest BCUT2D eigenvalue weighted by molar-refractivity contribution is -0.127. The van der Waals surface area contributed by atoms with Gasteiger partial charge in [0.25, 0.3) is 0 Å². The van der Waals surface area contributed by atoms with E-state index in [1.165, 1.54) is 6.07 Å². The van der Waals surface area contributed by atoms with Crippen LogP contribution in [0, 0.1) is 6.92 Å². The molecule has 0 radical (unpaired) electrons. The van der Waals surface area contributed by atoms with Gasteiger partial charge in [-0.2, -0.15) is 13.2 Å². The third kappa shape index (κ3) is 3.61. The number of nitrogen functional groups attached to an aromatic ring is 1. The summed E-state index contributed by atoms with van der Waals surface area (Å²) in [6.45, 7) is 7.12. The summed E-state index contributed by atoms with van der Waals surface area (Å²) in [5.41, 5.74) is 6.34. The summed E-state index contributed by atoms with van der Waals surface area (Å²) >= 11 is 0. The van der Waals surface area contributed by atoms with E-state index in [2.05, 4.69) is 4.98 Å². The molecule has 0 aliphatic heterocycles. The molecule has 0 unspecified atom stereocenters. The molecule has 17 heavy (non-hydrogen) atoms. The third-order valence-corrected chi connectivity index (χ3v) is 2.45. The van der Waals surface area contributed by atoms with Crippen molar-refractivity contribution in [3.05, 3.63) is 22.9 Å². The second-order valence-electron chi connectivity index (χ2n) is 5.23. The smallest absolute Gasteiger partial charge is 0.384 e.